The SMILES string of the molecule is C=C/C=C\CCCC(C)=O. The molecule has 0 aromatic rings. The van der Waals surface area contributed by atoms with Gasteiger partial charge in [0.05, 0.1) is 0 Å². The lowest BCUT2D eigenvalue weighted by Crippen LogP contribution is -1.87. The average molecular weight is 138 g/mol. The molecule has 1 heteroatoms. The molecule has 0 aliphatic rings. The van der Waals surface area contributed by atoms with Gasteiger partial charge in [0.1, 0.15) is 5.78 Å². The maximum atomic E-state index is 10.4. The predicted octanol–water partition coefficient (Wildman–Crippen LogP) is 2.49. The maximum Gasteiger partial charge on any atom is 0.129 e. The largest absolute Gasteiger partial charge is 0.300 e. The maximum absolute atomic E-state index is 10.4. The summed E-state index contributed by atoms with van der Waals surface area (Å²) in [6.45, 7) is 5.16. The van der Waals surface area contributed by atoms with E-state index in [1.807, 2.05) is 12.2 Å². The molecule has 0 saturated heterocycles. The van der Waals surface area contributed by atoms with Gasteiger partial charge in [-0.15, -0.1) is 0 Å². The van der Waals surface area contributed by atoms with Gasteiger partial charge in [-0.05, 0) is 19.8 Å². The second kappa shape index (κ2) is 6.27. The molecular weight excluding hydrogens is 124 g/mol. The minimum Gasteiger partial charge on any atom is -0.300 e. The summed E-state index contributed by atoms with van der Waals surface area (Å²) in [5.41, 5.74) is 0. The zero-order chi connectivity index (χ0) is 7.82. The van der Waals surface area contributed by atoms with Crippen LogP contribution in [0.5, 0.6) is 0 Å². The van der Waals surface area contributed by atoms with Crippen molar-refractivity contribution in [2.24, 2.45) is 0 Å². The number of Topliss-reactive ketones (excluding diaryl/α,β-unsaturated/α-hetero) is 1. The van der Waals surface area contributed by atoms with E-state index in [0.29, 0.717) is 6.42 Å². The fourth-order valence-corrected chi connectivity index (χ4v) is 0.661. The van der Waals surface area contributed by atoms with E-state index in [1.165, 1.54) is 0 Å². The lowest BCUT2D eigenvalue weighted by atomic mass is 10.2. The van der Waals surface area contributed by atoms with E-state index in [-0.39, 0.29) is 5.78 Å². The van der Waals surface area contributed by atoms with E-state index in [2.05, 4.69) is 6.58 Å². The van der Waals surface area contributed by atoms with Gasteiger partial charge in [-0.25, -0.2) is 0 Å². The zero-order valence-corrected chi connectivity index (χ0v) is 6.47. The summed E-state index contributed by atoms with van der Waals surface area (Å²) in [5, 5.41) is 0. The van der Waals surface area contributed by atoms with Crippen molar-refractivity contribution in [3.63, 3.8) is 0 Å². The Bertz CT molecular complexity index is 134. The summed E-state index contributed by atoms with van der Waals surface area (Å²) in [6.07, 6.45) is 8.30. The van der Waals surface area contributed by atoms with Crippen LogP contribution in [-0.4, -0.2) is 5.78 Å². The van der Waals surface area contributed by atoms with Gasteiger partial charge in [-0.2, -0.15) is 0 Å². The highest BCUT2D eigenvalue weighted by molar-refractivity contribution is 5.75. The molecule has 0 bridgehead atoms. The Labute approximate surface area is 62.4 Å². The molecule has 10 heavy (non-hydrogen) atoms. The van der Waals surface area contributed by atoms with E-state index in [4.69, 9.17) is 0 Å². The topological polar surface area (TPSA) is 17.1 Å². The zero-order valence-electron chi connectivity index (χ0n) is 6.47. The van der Waals surface area contributed by atoms with Crippen molar-refractivity contribution in [3.8, 4) is 0 Å². The molecular formula is C9H14O. The molecule has 0 spiro atoms. The summed E-state index contributed by atoms with van der Waals surface area (Å²) < 4.78 is 0. The molecule has 0 atom stereocenters. The Balaban J connectivity index is 3.12. The molecule has 0 N–H and O–H groups in total. The number of carbonyl (C=O) groups excluding carboxylic acids is 1. The van der Waals surface area contributed by atoms with Crippen molar-refractivity contribution in [3.05, 3.63) is 24.8 Å². The Morgan fingerprint density at radius 3 is 2.80 bits per heavy atom. The number of rotatable bonds is 5. The van der Waals surface area contributed by atoms with Gasteiger partial charge < -0.3 is 4.79 Å². The molecule has 0 heterocycles. The van der Waals surface area contributed by atoms with Crippen molar-refractivity contribution >= 4 is 5.78 Å². The number of allylic oxidation sites excluding steroid dienone is 3. The van der Waals surface area contributed by atoms with Gasteiger partial charge in [0.15, 0.2) is 0 Å². The summed E-state index contributed by atoms with van der Waals surface area (Å²) >= 11 is 0. The molecule has 0 fully saturated rings. The fraction of sp³-hybridized carbons (Fsp3) is 0.444. The highest BCUT2D eigenvalue weighted by Crippen LogP contribution is 1.96. The Morgan fingerprint density at radius 1 is 1.60 bits per heavy atom. The van der Waals surface area contributed by atoms with Crippen molar-refractivity contribution in [1.82, 2.24) is 0 Å². The predicted molar refractivity (Wildman–Crippen MR) is 43.9 cm³/mol. The molecule has 0 aromatic carbocycles. The monoisotopic (exact) mass is 138 g/mol. The quantitative estimate of drug-likeness (QED) is 0.421. The van der Waals surface area contributed by atoms with Gasteiger partial charge >= 0.3 is 0 Å². The van der Waals surface area contributed by atoms with Gasteiger partial charge in [0.25, 0.3) is 0 Å². The van der Waals surface area contributed by atoms with Crippen molar-refractivity contribution in [2.75, 3.05) is 0 Å². The van der Waals surface area contributed by atoms with Crippen LogP contribution in [0.4, 0.5) is 0 Å². The normalized spacial score (nSPS) is 10.1. The number of ketones is 1. The third-order valence-electron chi connectivity index (χ3n) is 1.17. The summed E-state index contributed by atoms with van der Waals surface area (Å²) in [7, 11) is 0. The van der Waals surface area contributed by atoms with Crippen LogP contribution < -0.4 is 0 Å². The highest BCUT2D eigenvalue weighted by Gasteiger charge is 1.89. The third-order valence-corrected chi connectivity index (χ3v) is 1.17. The second-order valence-corrected chi connectivity index (χ2v) is 2.26. The van der Waals surface area contributed by atoms with Crippen LogP contribution in [0.15, 0.2) is 24.8 Å². The molecule has 0 aromatic heterocycles. The van der Waals surface area contributed by atoms with Crippen molar-refractivity contribution < 1.29 is 4.79 Å². The first-order valence-electron chi connectivity index (χ1n) is 3.54. The van der Waals surface area contributed by atoms with Gasteiger partial charge in [0, 0.05) is 6.42 Å². The third kappa shape index (κ3) is 7.15. The lowest BCUT2D eigenvalue weighted by molar-refractivity contribution is -0.117. The van der Waals surface area contributed by atoms with Crippen LogP contribution in [0, 0.1) is 0 Å². The molecule has 0 radical (unpaired) electrons. The van der Waals surface area contributed by atoms with Crippen LogP contribution in [0.1, 0.15) is 26.2 Å². The van der Waals surface area contributed by atoms with Crippen molar-refractivity contribution in [2.45, 2.75) is 26.2 Å². The Morgan fingerprint density at radius 2 is 2.30 bits per heavy atom. The molecule has 1 nitrogen and oxygen atoms in total. The molecule has 0 aliphatic carbocycles. The fourth-order valence-electron chi connectivity index (χ4n) is 0.661. The number of carbonyl (C=O) groups is 1. The van der Waals surface area contributed by atoms with Crippen LogP contribution in [-0.2, 0) is 4.79 Å². The molecule has 0 amide bonds. The van der Waals surface area contributed by atoms with E-state index in [1.54, 1.807) is 13.0 Å². The van der Waals surface area contributed by atoms with Gasteiger partial charge in [-0.3, -0.25) is 0 Å². The smallest absolute Gasteiger partial charge is 0.129 e. The Hall–Kier alpha value is -0.850. The summed E-state index contributed by atoms with van der Waals surface area (Å²) in [6, 6.07) is 0. The van der Waals surface area contributed by atoms with E-state index in [9.17, 15) is 4.79 Å². The van der Waals surface area contributed by atoms with Crippen LogP contribution in [0.25, 0.3) is 0 Å². The summed E-state index contributed by atoms with van der Waals surface area (Å²) in [4.78, 5) is 10.4. The first-order chi connectivity index (χ1) is 4.77. The first-order valence-corrected chi connectivity index (χ1v) is 3.54. The van der Waals surface area contributed by atoms with E-state index < -0.39 is 0 Å². The van der Waals surface area contributed by atoms with Crippen LogP contribution in [0.3, 0.4) is 0 Å². The number of hydrogen-bond acceptors (Lipinski definition) is 1. The standard InChI is InChI=1S/C9H14O/c1-3-4-5-6-7-8-9(2)10/h3-5H,1,6-8H2,2H3/b5-4-. The first kappa shape index (κ1) is 9.15. The van der Waals surface area contributed by atoms with E-state index >= 15 is 0 Å². The molecule has 0 saturated carbocycles. The molecule has 56 valence electrons. The minimum atomic E-state index is 0.270. The van der Waals surface area contributed by atoms with Crippen LogP contribution >= 0.6 is 0 Å². The molecule has 0 aliphatic heterocycles. The van der Waals surface area contributed by atoms with Crippen molar-refractivity contribution in [1.29, 1.82) is 0 Å². The second-order valence-electron chi connectivity index (χ2n) is 2.26. The minimum absolute atomic E-state index is 0.270. The van der Waals surface area contributed by atoms with E-state index in [0.717, 1.165) is 12.8 Å². The number of unbranched alkanes of at least 4 members (excludes halogenated alkanes) is 1. The Kier molecular flexibility index (Phi) is 5.74. The summed E-state index contributed by atoms with van der Waals surface area (Å²) in [5.74, 6) is 0.270. The van der Waals surface area contributed by atoms with Gasteiger partial charge in [-0.1, -0.05) is 24.8 Å². The van der Waals surface area contributed by atoms with Crippen LogP contribution in [0.2, 0.25) is 0 Å². The highest BCUT2D eigenvalue weighted by atomic mass is 16.1. The number of hydrogen-bond donors (Lipinski definition) is 0. The van der Waals surface area contributed by atoms with Gasteiger partial charge in [0.2, 0.25) is 0 Å². The molecule has 0 unspecified atom stereocenters. The molecule has 0 rings (SSSR count). The lowest BCUT2D eigenvalue weighted by Gasteiger charge is -1.89. The average Bonchev–Trinajstić information content (AvgIpc) is 1.87.